The van der Waals surface area contributed by atoms with Crippen LogP contribution in [-0.4, -0.2) is 42.1 Å². The first-order chi connectivity index (χ1) is 12.0. The van der Waals surface area contributed by atoms with E-state index in [9.17, 15) is 9.59 Å². The van der Waals surface area contributed by atoms with Crippen molar-refractivity contribution in [2.24, 2.45) is 11.8 Å². The second-order valence-corrected chi connectivity index (χ2v) is 8.55. The minimum atomic E-state index is -0.343. The summed E-state index contributed by atoms with van der Waals surface area (Å²) >= 11 is 0. The van der Waals surface area contributed by atoms with Crippen LogP contribution in [0.5, 0.6) is 0 Å². The van der Waals surface area contributed by atoms with E-state index in [1.165, 1.54) is 17.5 Å². The zero-order valence-electron chi connectivity index (χ0n) is 14.6. The van der Waals surface area contributed by atoms with Gasteiger partial charge in [0.05, 0.1) is 5.54 Å². The van der Waals surface area contributed by atoms with Gasteiger partial charge in [-0.1, -0.05) is 29.8 Å². The number of amides is 2. The molecule has 2 saturated heterocycles. The molecule has 5 heteroatoms. The summed E-state index contributed by atoms with van der Waals surface area (Å²) in [4.78, 5) is 26.1. The van der Waals surface area contributed by atoms with Crippen LogP contribution in [0.15, 0.2) is 24.3 Å². The normalized spacial score (nSPS) is 38.6. The number of ether oxygens (including phenoxy) is 1. The van der Waals surface area contributed by atoms with Crippen LogP contribution in [0.2, 0.25) is 0 Å². The topological polar surface area (TPSA) is 58.6 Å². The molecule has 2 saturated carbocycles. The highest BCUT2D eigenvalue weighted by Gasteiger charge is 2.59. The third-order valence-electron chi connectivity index (χ3n) is 6.88. The van der Waals surface area contributed by atoms with Crippen molar-refractivity contribution >= 4 is 12.0 Å². The van der Waals surface area contributed by atoms with Gasteiger partial charge in [-0.05, 0) is 44.1 Å². The highest BCUT2D eigenvalue weighted by Crippen LogP contribution is 2.59. The second-order valence-electron chi connectivity index (χ2n) is 8.55. The number of aryl methyl sites for hydroxylation is 1. The maximum atomic E-state index is 12.8. The number of benzene rings is 1. The summed E-state index contributed by atoms with van der Waals surface area (Å²) in [6, 6.07) is 8.87. The van der Waals surface area contributed by atoms with Crippen molar-refractivity contribution < 1.29 is 14.3 Å². The zero-order chi connectivity index (χ0) is 17.2. The first-order valence-electron chi connectivity index (χ1n) is 9.31. The van der Waals surface area contributed by atoms with Crippen molar-refractivity contribution in [2.75, 3.05) is 19.7 Å². The molecule has 1 spiro atoms. The molecular weight excluding hydrogens is 316 g/mol. The van der Waals surface area contributed by atoms with Crippen molar-refractivity contribution in [2.45, 2.75) is 43.6 Å². The molecular formula is C20H24N2O3. The van der Waals surface area contributed by atoms with E-state index in [2.05, 4.69) is 41.4 Å². The Balaban J connectivity index is 1.22. The van der Waals surface area contributed by atoms with E-state index in [4.69, 9.17) is 4.74 Å². The van der Waals surface area contributed by atoms with Gasteiger partial charge < -0.3 is 15.0 Å². The molecule has 2 amide bonds. The summed E-state index contributed by atoms with van der Waals surface area (Å²) in [7, 11) is 0. The molecule has 0 radical (unpaired) electrons. The summed E-state index contributed by atoms with van der Waals surface area (Å²) in [5, 5.41) is 2.87. The van der Waals surface area contributed by atoms with Crippen molar-refractivity contribution in [3.8, 4) is 0 Å². The summed E-state index contributed by atoms with van der Waals surface area (Å²) in [6.45, 7) is 4.30. The molecule has 2 heterocycles. The summed E-state index contributed by atoms with van der Waals surface area (Å²) in [5.74, 6) is 0.930. The van der Waals surface area contributed by atoms with E-state index in [1.54, 1.807) is 0 Å². The molecule has 0 bridgehead atoms. The number of carbonyl (C=O) groups excluding carboxylic acids is 2. The summed E-state index contributed by atoms with van der Waals surface area (Å²) < 4.78 is 5.00. The molecule has 2 unspecified atom stereocenters. The number of cyclic esters (lactones) is 1. The smallest absolute Gasteiger partial charge is 0.407 e. The van der Waals surface area contributed by atoms with E-state index < -0.39 is 0 Å². The van der Waals surface area contributed by atoms with Crippen LogP contribution in [0, 0.1) is 18.8 Å². The predicted molar refractivity (Wildman–Crippen MR) is 92.1 cm³/mol. The predicted octanol–water partition coefficient (Wildman–Crippen LogP) is 2.37. The van der Waals surface area contributed by atoms with Gasteiger partial charge in [-0.25, -0.2) is 4.79 Å². The molecule has 2 atom stereocenters. The van der Waals surface area contributed by atoms with Crippen LogP contribution in [-0.2, 0) is 14.9 Å². The van der Waals surface area contributed by atoms with Gasteiger partial charge in [0.25, 0.3) is 0 Å². The maximum Gasteiger partial charge on any atom is 0.407 e. The van der Waals surface area contributed by atoms with Crippen molar-refractivity contribution in [3.63, 3.8) is 0 Å². The molecule has 4 aliphatic rings. The van der Waals surface area contributed by atoms with Crippen LogP contribution in [0.1, 0.15) is 36.8 Å². The minimum Gasteiger partial charge on any atom is -0.447 e. The van der Waals surface area contributed by atoms with Crippen molar-refractivity contribution in [3.05, 3.63) is 35.4 Å². The first kappa shape index (κ1) is 15.2. The van der Waals surface area contributed by atoms with Gasteiger partial charge in [-0.2, -0.15) is 0 Å². The Kier molecular flexibility index (Phi) is 3.04. The number of nitrogens with zero attached hydrogens (tertiary/aromatic N) is 1. The van der Waals surface area contributed by atoms with Crippen molar-refractivity contribution in [1.82, 2.24) is 10.2 Å². The number of piperidine rings is 1. The van der Waals surface area contributed by atoms with Gasteiger partial charge >= 0.3 is 6.09 Å². The Bertz CT molecular complexity index is 755. The quantitative estimate of drug-likeness (QED) is 0.899. The number of nitrogens with one attached hydrogen (secondary N) is 1. The zero-order valence-corrected chi connectivity index (χ0v) is 14.6. The third-order valence-corrected chi connectivity index (χ3v) is 6.88. The fourth-order valence-electron chi connectivity index (χ4n) is 5.30. The fraction of sp³-hybridized carbons (Fsp3) is 0.600. The SMILES string of the molecule is Cc1cccc(C23CCN(C(=O)C4CC5(COC(=O)N5)C4)CC2C3)c1. The number of hydrogen-bond acceptors (Lipinski definition) is 3. The fourth-order valence-corrected chi connectivity index (χ4v) is 5.30. The minimum absolute atomic E-state index is 0.0484. The number of fused-ring (bicyclic) bond motifs is 1. The lowest BCUT2D eigenvalue weighted by Crippen LogP contribution is -2.58. The van der Waals surface area contributed by atoms with Crippen LogP contribution in [0.25, 0.3) is 0 Å². The van der Waals surface area contributed by atoms with Crippen LogP contribution >= 0.6 is 0 Å². The molecule has 132 valence electrons. The molecule has 5 nitrogen and oxygen atoms in total. The Morgan fingerprint density at radius 3 is 2.84 bits per heavy atom. The third kappa shape index (κ3) is 2.28. The molecule has 1 aromatic rings. The molecule has 1 N–H and O–H groups in total. The van der Waals surface area contributed by atoms with Crippen LogP contribution in [0.4, 0.5) is 4.79 Å². The molecule has 2 aliphatic heterocycles. The highest BCUT2D eigenvalue weighted by molar-refractivity contribution is 5.82. The number of hydrogen-bond donors (Lipinski definition) is 1. The van der Waals surface area contributed by atoms with Gasteiger partial charge in [-0.3, -0.25) is 4.79 Å². The Hall–Kier alpha value is -2.04. The largest absolute Gasteiger partial charge is 0.447 e. The molecule has 2 aliphatic carbocycles. The van der Waals surface area contributed by atoms with Crippen LogP contribution in [0.3, 0.4) is 0 Å². The molecule has 4 fully saturated rings. The average Bonchev–Trinajstić information content (AvgIpc) is 3.19. The van der Waals surface area contributed by atoms with Gasteiger partial charge in [0.2, 0.25) is 5.91 Å². The molecule has 1 aromatic carbocycles. The van der Waals surface area contributed by atoms with Gasteiger partial charge in [-0.15, -0.1) is 0 Å². The number of likely N-dealkylation sites (tertiary alicyclic amines) is 1. The van der Waals surface area contributed by atoms with Gasteiger partial charge in [0.1, 0.15) is 6.61 Å². The lowest BCUT2D eigenvalue weighted by Gasteiger charge is -2.44. The Morgan fingerprint density at radius 2 is 2.16 bits per heavy atom. The Labute approximate surface area is 147 Å². The maximum absolute atomic E-state index is 12.8. The van der Waals surface area contributed by atoms with E-state index in [-0.39, 0.29) is 23.5 Å². The highest BCUT2D eigenvalue weighted by atomic mass is 16.6. The average molecular weight is 340 g/mol. The number of alkyl carbamates (subject to hydrolysis) is 1. The molecule has 5 rings (SSSR count). The monoisotopic (exact) mass is 340 g/mol. The number of rotatable bonds is 2. The Morgan fingerprint density at radius 1 is 1.32 bits per heavy atom. The summed E-state index contributed by atoms with van der Waals surface area (Å²) in [5.41, 5.74) is 2.82. The van der Waals surface area contributed by atoms with E-state index in [0.717, 1.165) is 32.4 Å². The van der Waals surface area contributed by atoms with E-state index >= 15 is 0 Å². The standard InChI is InChI=1S/C20H24N2O3/c1-13-3-2-4-15(7-13)20-5-6-22(11-16(20)10-20)17(23)14-8-19(9-14)12-25-18(24)21-19/h2-4,7,14,16H,5-6,8-12H2,1H3,(H,21,24). The van der Waals surface area contributed by atoms with Crippen LogP contribution < -0.4 is 5.32 Å². The number of carbonyl (C=O) groups is 2. The summed E-state index contributed by atoms with van der Waals surface area (Å²) in [6.07, 6.45) is 3.39. The van der Waals surface area contributed by atoms with Crippen molar-refractivity contribution in [1.29, 1.82) is 0 Å². The van der Waals surface area contributed by atoms with E-state index in [1.807, 2.05) is 0 Å². The lowest BCUT2D eigenvalue weighted by atomic mass is 9.68. The second kappa shape index (κ2) is 4.99. The molecule has 25 heavy (non-hydrogen) atoms. The van der Waals surface area contributed by atoms with Gasteiger partial charge in [0, 0.05) is 24.4 Å². The molecule has 0 aromatic heterocycles. The first-order valence-corrected chi connectivity index (χ1v) is 9.31. The lowest BCUT2D eigenvalue weighted by molar-refractivity contribution is -0.142. The van der Waals surface area contributed by atoms with E-state index in [0.29, 0.717) is 17.9 Å². The van der Waals surface area contributed by atoms with Gasteiger partial charge in [0.15, 0.2) is 0 Å².